The van der Waals surface area contributed by atoms with Crippen molar-refractivity contribution in [2.45, 2.75) is 34.1 Å². The van der Waals surface area contributed by atoms with Crippen LogP contribution in [0.25, 0.3) is 5.70 Å². The lowest BCUT2D eigenvalue weighted by Crippen LogP contribution is -2.36. The van der Waals surface area contributed by atoms with Crippen LogP contribution in [0.15, 0.2) is 24.3 Å². The topological polar surface area (TPSA) is 29.5 Å². The van der Waals surface area contributed by atoms with E-state index in [1.54, 1.807) is 6.92 Å². The van der Waals surface area contributed by atoms with E-state index in [1.807, 2.05) is 43.9 Å². The molecule has 0 saturated carbocycles. The van der Waals surface area contributed by atoms with Crippen LogP contribution in [0, 0.1) is 24.7 Å². The maximum Gasteiger partial charge on any atom is 0.230 e. The summed E-state index contributed by atoms with van der Waals surface area (Å²) in [5.74, 6) is 6.78. The maximum atomic E-state index is 12.3. The normalized spacial score (nSPS) is 17.6. The van der Waals surface area contributed by atoms with Crippen molar-refractivity contribution in [3.05, 3.63) is 35.4 Å². The predicted octanol–water partition coefficient (Wildman–Crippen LogP) is 3.63. The van der Waals surface area contributed by atoms with E-state index < -0.39 is 0 Å². The lowest BCUT2D eigenvalue weighted by molar-refractivity contribution is -0.131. The van der Waals surface area contributed by atoms with E-state index in [1.165, 1.54) is 0 Å². The Morgan fingerprint density at radius 2 is 2.18 bits per heavy atom. The molecule has 1 aliphatic heterocycles. The highest BCUT2D eigenvalue weighted by Crippen LogP contribution is 2.31. The second-order valence-electron chi connectivity index (χ2n) is 5.50. The minimum atomic E-state index is 0.0687. The van der Waals surface area contributed by atoms with E-state index in [2.05, 4.69) is 17.9 Å². The number of nitrogens with zero attached hydrogens (tertiary/aromatic N) is 1. The third kappa shape index (κ3) is 3.33. The molecular formula is C19H23NO2. The Morgan fingerprint density at radius 1 is 1.41 bits per heavy atom. The van der Waals surface area contributed by atoms with E-state index in [0.29, 0.717) is 13.2 Å². The second-order valence-corrected chi connectivity index (χ2v) is 5.50. The van der Waals surface area contributed by atoms with Crippen LogP contribution in [0.2, 0.25) is 0 Å². The Morgan fingerprint density at radius 3 is 2.82 bits per heavy atom. The minimum Gasteiger partial charge on any atom is -0.481 e. The first-order valence-electron chi connectivity index (χ1n) is 7.73. The number of ether oxygens (including phenoxy) is 1. The molecule has 1 atom stereocenters. The van der Waals surface area contributed by atoms with Gasteiger partial charge in [0.25, 0.3) is 0 Å². The van der Waals surface area contributed by atoms with E-state index in [4.69, 9.17) is 4.74 Å². The summed E-state index contributed by atoms with van der Waals surface area (Å²) in [5, 5.41) is 0. The number of carbonyl (C=O) groups excluding carboxylic acids is 1. The standard InChI is InChI=1S/C19H23NO2/c1-5-7-12-22-16-9-10-17(15(4)13-16)18-11-8-14(3)19(21)20(18)6-2/h9-11,13-14H,6,8,12H2,1-4H3. The van der Waals surface area contributed by atoms with E-state index in [-0.39, 0.29) is 11.8 Å². The SMILES string of the molecule is CC#CCOc1ccc(C2=CCC(C)C(=O)N2CC)c(C)c1. The molecule has 0 aromatic heterocycles. The van der Waals surface area contributed by atoms with Crippen LogP contribution in [-0.2, 0) is 4.79 Å². The van der Waals surface area contributed by atoms with Gasteiger partial charge in [-0.05, 0) is 51.0 Å². The largest absolute Gasteiger partial charge is 0.481 e. The first-order chi connectivity index (χ1) is 10.6. The Balaban J connectivity index is 2.28. The Kier molecular flexibility index (Phi) is 5.27. The van der Waals surface area contributed by atoms with Crippen LogP contribution in [0.1, 0.15) is 38.3 Å². The van der Waals surface area contributed by atoms with Gasteiger partial charge in [-0.1, -0.05) is 18.9 Å². The van der Waals surface area contributed by atoms with E-state index >= 15 is 0 Å². The van der Waals surface area contributed by atoms with Gasteiger partial charge in [-0.15, -0.1) is 5.92 Å². The van der Waals surface area contributed by atoms with Crippen molar-refractivity contribution in [1.29, 1.82) is 0 Å². The Hall–Kier alpha value is -2.21. The average molecular weight is 297 g/mol. The number of benzene rings is 1. The van der Waals surface area contributed by atoms with Crippen LogP contribution in [-0.4, -0.2) is 24.0 Å². The second kappa shape index (κ2) is 7.17. The van der Waals surface area contributed by atoms with Crippen molar-refractivity contribution in [2.24, 2.45) is 5.92 Å². The van der Waals surface area contributed by atoms with Gasteiger partial charge in [-0.2, -0.15) is 0 Å². The smallest absolute Gasteiger partial charge is 0.230 e. The van der Waals surface area contributed by atoms with Gasteiger partial charge in [0, 0.05) is 23.7 Å². The fourth-order valence-electron chi connectivity index (χ4n) is 2.67. The monoisotopic (exact) mass is 297 g/mol. The van der Waals surface area contributed by atoms with Crippen LogP contribution >= 0.6 is 0 Å². The molecule has 1 aliphatic rings. The molecule has 0 saturated heterocycles. The van der Waals surface area contributed by atoms with Crippen molar-refractivity contribution >= 4 is 11.6 Å². The summed E-state index contributed by atoms with van der Waals surface area (Å²) in [6.07, 6.45) is 2.97. The van der Waals surface area contributed by atoms with Gasteiger partial charge in [-0.25, -0.2) is 0 Å². The third-order valence-electron chi connectivity index (χ3n) is 3.92. The highest BCUT2D eigenvalue weighted by molar-refractivity contribution is 5.91. The molecule has 3 nitrogen and oxygen atoms in total. The molecule has 0 fully saturated rings. The molecule has 1 aromatic carbocycles. The molecule has 116 valence electrons. The summed E-state index contributed by atoms with van der Waals surface area (Å²) in [6, 6.07) is 5.97. The van der Waals surface area contributed by atoms with E-state index in [0.717, 1.165) is 29.0 Å². The Labute approximate surface area is 133 Å². The summed E-state index contributed by atoms with van der Waals surface area (Å²) >= 11 is 0. The zero-order valence-electron chi connectivity index (χ0n) is 13.8. The molecule has 0 radical (unpaired) electrons. The Bertz CT molecular complexity index is 649. The van der Waals surface area contributed by atoms with Gasteiger partial charge in [0.05, 0.1) is 0 Å². The number of amides is 1. The van der Waals surface area contributed by atoms with Crippen LogP contribution in [0.4, 0.5) is 0 Å². The zero-order valence-corrected chi connectivity index (χ0v) is 13.8. The molecule has 0 bridgehead atoms. The summed E-state index contributed by atoms with van der Waals surface area (Å²) in [6.45, 7) is 8.93. The summed E-state index contributed by atoms with van der Waals surface area (Å²) < 4.78 is 5.59. The third-order valence-corrected chi connectivity index (χ3v) is 3.92. The molecule has 3 heteroatoms. The number of hydrogen-bond acceptors (Lipinski definition) is 2. The van der Waals surface area contributed by atoms with Gasteiger partial charge in [-0.3, -0.25) is 4.79 Å². The summed E-state index contributed by atoms with van der Waals surface area (Å²) in [7, 11) is 0. The van der Waals surface area contributed by atoms with Crippen molar-refractivity contribution < 1.29 is 9.53 Å². The molecule has 1 aromatic rings. The molecule has 22 heavy (non-hydrogen) atoms. The fourth-order valence-corrected chi connectivity index (χ4v) is 2.67. The molecule has 0 aliphatic carbocycles. The fraction of sp³-hybridized carbons (Fsp3) is 0.421. The maximum absolute atomic E-state index is 12.3. The predicted molar refractivity (Wildman–Crippen MR) is 89.3 cm³/mol. The lowest BCUT2D eigenvalue weighted by atomic mass is 9.95. The highest BCUT2D eigenvalue weighted by Gasteiger charge is 2.27. The molecule has 1 unspecified atom stereocenters. The number of carbonyl (C=O) groups is 1. The molecule has 2 rings (SSSR count). The molecule has 0 N–H and O–H groups in total. The number of hydrogen-bond donors (Lipinski definition) is 0. The van der Waals surface area contributed by atoms with Crippen LogP contribution in [0.5, 0.6) is 5.75 Å². The lowest BCUT2D eigenvalue weighted by Gasteiger charge is -2.31. The quantitative estimate of drug-likeness (QED) is 0.794. The first kappa shape index (κ1) is 16.2. The molecule has 1 amide bonds. The van der Waals surface area contributed by atoms with Gasteiger partial charge in [0.1, 0.15) is 12.4 Å². The number of allylic oxidation sites excluding steroid dienone is 1. The average Bonchev–Trinajstić information content (AvgIpc) is 2.51. The molecule has 1 heterocycles. The van der Waals surface area contributed by atoms with Gasteiger partial charge < -0.3 is 9.64 Å². The number of aryl methyl sites for hydroxylation is 1. The highest BCUT2D eigenvalue weighted by atomic mass is 16.5. The van der Waals surface area contributed by atoms with Crippen LogP contribution in [0.3, 0.4) is 0 Å². The molecule has 0 spiro atoms. The zero-order chi connectivity index (χ0) is 16.1. The van der Waals surface area contributed by atoms with Gasteiger partial charge in [0.2, 0.25) is 5.91 Å². The first-order valence-corrected chi connectivity index (χ1v) is 7.73. The summed E-state index contributed by atoms with van der Waals surface area (Å²) in [4.78, 5) is 14.2. The van der Waals surface area contributed by atoms with E-state index in [9.17, 15) is 4.79 Å². The minimum absolute atomic E-state index is 0.0687. The van der Waals surface area contributed by atoms with Crippen LogP contribution < -0.4 is 4.74 Å². The van der Waals surface area contributed by atoms with Gasteiger partial charge >= 0.3 is 0 Å². The van der Waals surface area contributed by atoms with Crippen molar-refractivity contribution in [1.82, 2.24) is 4.90 Å². The molecular weight excluding hydrogens is 274 g/mol. The van der Waals surface area contributed by atoms with Crippen molar-refractivity contribution in [3.8, 4) is 17.6 Å². The van der Waals surface area contributed by atoms with Crippen molar-refractivity contribution in [3.63, 3.8) is 0 Å². The number of rotatable bonds is 4. The van der Waals surface area contributed by atoms with Gasteiger partial charge in [0.15, 0.2) is 0 Å². The summed E-state index contributed by atoms with van der Waals surface area (Å²) in [5.41, 5.74) is 3.22. The van der Waals surface area contributed by atoms with Crippen molar-refractivity contribution in [2.75, 3.05) is 13.2 Å².